The molecule has 0 bridgehead atoms. The molecule has 236 valence electrons. The molecular formula is C32H56NO7P. The van der Waals surface area contributed by atoms with Crippen molar-refractivity contribution in [3.05, 3.63) is 0 Å². The van der Waals surface area contributed by atoms with Gasteiger partial charge < -0.3 is 15.1 Å². The highest BCUT2D eigenvalue weighted by Crippen LogP contribution is 2.68. The molecule has 4 aliphatic rings. The van der Waals surface area contributed by atoms with Crippen LogP contribution in [0, 0.1) is 52.3 Å². The van der Waals surface area contributed by atoms with E-state index in [1.165, 1.54) is 51.4 Å². The predicted molar refractivity (Wildman–Crippen MR) is 159 cm³/mol. The molecule has 4 aliphatic carbocycles. The molecule has 0 aromatic heterocycles. The molecule has 8 nitrogen and oxygen atoms in total. The molecule has 0 aromatic carbocycles. The SMILES string of the molecule is CC(C)CCC[C@@H](C)[C@H]1CC[C@H]2[C@@H]3CCC4C[C@@H](OP(=O)(O)N[C@@H](CCC(=O)O)C(=O)O)CC[C@]4(C)[C@H]3CC[C@]12C. The van der Waals surface area contributed by atoms with Gasteiger partial charge in [0.2, 0.25) is 0 Å². The first-order valence-corrected chi connectivity index (χ1v) is 18.0. The van der Waals surface area contributed by atoms with E-state index in [0.717, 1.165) is 48.9 Å². The largest absolute Gasteiger partial charge is 0.481 e. The van der Waals surface area contributed by atoms with E-state index in [1.54, 1.807) is 0 Å². The molecule has 4 fully saturated rings. The summed E-state index contributed by atoms with van der Waals surface area (Å²) < 4.78 is 18.5. The molecule has 2 unspecified atom stereocenters. The first kappa shape index (κ1) is 33.0. The average molecular weight is 598 g/mol. The zero-order valence-electron chi connectivity index (χ0n) is 26.0. The Bertz CT molecular complexity index is 989. The summed E-state index contributed by atoms with van der Waals surface area (Å²) in [5, 5.41) is 20.5. The maximum atomic E-state index is 12.9. The van der Waals surface area contributed by atoms with Crippen molar-refractivity contribution >= 4 is 19.7 Å². The number of hydrogen-bond acceptors (Lipinski definition) is 4. The number of hydrogen-bond donors (Lipinski definition) is 4. The van der Waals surface area contributed by atoms with Crippen LogP contribution in [-0.2, 0) is 18.7 Å². The lowest BCUT2D eigenvalue weighted by molar-refractivity contribution is -0.140. The maximum absolute atomic E-state index is 12.9. The number of fused-ring (bicyclic) bond motifs is 5. The summed E-state index contributed by atoms with van der Waals surface area (Å²) in [6, 6.07) is -1.45. The van der Waals surface area contributed by atoms with E-state index >= 15 is 0 Å². The van der Waals surface area contributed by atoms with Crippen LogP contribution in [0.1, 0.15) is 125 Å². The summed E-state index contributed by atoms with van der Waals surface area (Å²) in [6.45, 7) is 12.3. The molecule has 0 aromatic rings. The summed E-state index contributed by atoms with van der Waals surface area (Å²) in [7, 11) is -4.41. The third kappa shape index (κ3) is 7.24. The highest BCUT2D eigenvalue weighted by molar-refractivity contribution is 7.50. The van der Waals surface area contributed by atoms with Crippen molar-refractivity contribution in [2.45, 2.75) is 137 Å². The normalized spacial score (nSPS) is 39.7. The summed E-state index contributed by atoms with van der Waals surface area (Å²) in [6.07, 6.45) is 13.0. The van der Waals surface area contributed by atoms with Gasteiger partial charge in [-0.05, 0) is 116 Å². The number of carboxylic acids is 2. The fourth-order valence-corrected chi connectivity index (χ4v) is 11.6. The Morgan fingerprint density at radius 3 is 2.27 bits per heavy atom. The van der Waals surface area contributed by atoms with Crippen molar-refractivity contribution in [2.24, 2.45) is 52.3 Å². The minimum absolute atomic E-state index is 0.211. The van der Waals surface area contributed by atoms with E-state index < -0.39 is 38.3 Å². The zero-order valence-corrected chi connectivity index (χ0v) is 26.9. The van der Waals surface area contributed by atoms with Crippen molar-refractivity contribution < 1.29 is 33.8 Å². The molecule has 0 aliphatic heterocycles. The van der Waals surface area contributed by atoms with Gasteiger partial charge in [-0.15, -0.1) is 0 Å². The number of nitrogens with one attached hydrogen (secondary N) is 1. The highest BCUT2D eigenvalue weighted by atomic mass is 31.2. The molecule has 4 rings (SSSR count). The van der Waals surface area contributed by atoms with Crippen LogP contribution in [0.2, 0.25) is 0 Å². The topological polar surface area (TPSA) is 133 Å². The van der Waals surface area contributed by atoms with Gasteiger partial charge in [0.25, 0.3) is 0 Å². The van der Waals surface area contributed by atoms with Crippen molar-refractivity contribution in [1.82, 2.24) is 5.09 Å². The zero-order chi connectivity index (χ0) is 30.2. The lowest BCUT2D eigenvalue weighted by Crippen LogP contribution is -2.54. The lowest BCUT2D eigenvalue weighted by Gasteiger charge is -2.61. The Morgan fingerprint density at radius 1 is 0.927 bits per heavy atom. The molecule has 0 saturated heterocycles. The van der Waals surface area contributed by atoms with E-state index in [9.17, 15) is 24.2 Å². The smallest absolute Gasteiger partial charge is 0.403 e. The Hall–Kier alpha value is -0.950. The lowest BCUT2D eigenvalue weighted by atomic mass is 9.44. The number of rotatable bonds is 13. The predicted octanol–water partition coefficient (Wildman–Crippen LogP) is 7.50. The molecule has 9 heteroatoms. The van der Waals surface area contributed by atoms with Crippen molar-refractivity contribution in [1.29, 1.82) is 0 Å². The van der Waals surface area contributed by atoms with Crippen LogP contribution in [0.25, 0.3) is 0 Å². The first-order chi connectivity index (χ1) is 19.2. The average Bonchev–Trinajstić information content (AvgIpc) is 3.23. The third-order valence-corrected chi connectivity index (χ3v) is 13.6. The van der Waals surface area contributed by atoms with Gasteiger partial charge in [-0.3, -0.25) is 14.1 Å². The van der Waals surface area contributed by atoms with Gasteiger partial charge >= 0.3 is 19.7 Å². The molecule has 0 amide bonds. The summed E-state index contributed by atoms with van der Waals surface area (Å²) in [4.78, 5) is 32.9. The minimum atomic E-state index is -4.41. The fraction of sp³-hybridized carbons (Fsp3) is 0.938. The van der Waals surface area contributed by atoms with Gasteiger partial charge in [0, 0.05) is 6.42 Å². The van der Waals surface area contributed by atoms with E-state index in [2.05, 4.69) is 39.7 Å². The Kier molecular flexibility index (Phi) is 10.4. The van der Waals surface area contributed by atoms with Crippen LogP contribution in [0.15, 0.2) is 0 Å². The van der Waals surface area contributed by atoms with Crippen LogP contribution < -0.4 is 5.09 Å². The van der Waals surface area contributed by atoms with E-state index in [4.69, 9.17) is 9.63 Å². The molecule has 0 spiro atoms. The first-order valence-electron chi connectivity index (χ1n) is 16.4. The highest BCUT2D eigenvalue weighted by Gasteiger charge is 2.60. The molecule has 0 heterocycles. The van der Waals surface area contributed by atoms with E-state index in [-0.39, 0.29) is 11.8 Å². The standard InChI is InChI=1S/C32H56NO7P/c1-20(2)7-6-8-21(3)25-11-12-26-24-10-9-22-19-23(15-17-31(22,4)27(24)16-18-32(25,26)5)40-41(38,39)33-28(30(36)37)13-14-29(34)35/h20-28H,6-19H2,1-5H3,(H,34,35)(H,36,37)(H2,33,38,39)/t21-,22?,23+,24+,25-,26+,27+,28+,31+,32-/m1/s1. The number of aliphatic carboxylic acids is 2. The number of carbonyl (C=O) groups is 2. The van der Waals surface area contributed by atoms with Gasteiger partial charge in [0.1, 0.15) is 6.04 Å². The Morgan fingerprint density at radius 2 is 1.61 bits per heavy atom. The monoisotopic (exact) mass is 597 g/mol. The van der Waals surface area contributed by atoms with Gasteiger partial charge in [-0.1, -0.05) is 53.9 Å². The van der Waals surface area contributed by atoms with Gasteiger partial charge in [-0.25, -0.2) is 9.65 Å². The molecular weight excluding hydrogens is 541 g/mol. The maximum Gasteiger partial charge on any atom is 0.403 e. The summed E-state index contributed by atoms with van der Waals surface area (Å²) in [5.41, 5.74) is 0.668. The Balaban J connectivity index is 1.36. The van der Waals surface area contributed by atoms with E-state index in [1.807, 2.05) is 0 Å². The van der Waals surface area contributed by atoms with Crippen molar-refractivity contribution in [3.8, 4) is 0 Å². The fourth-order valence-electron chi connectivity index (χ4n) is 10.3. The van der Waals surface area contributed by atoms with Crippen LogP contribution in [0.4, 0.5) is 0 Å². The van der Waals surface area contributed by atoms with Crippen LogP contribution in [0.5, 0.6) is 0 Å². The van der Waals surface area contributed by atoms with Crippen LogP contribution in [-0.4, -0.2) is 39.2 Å². The summed E-state index contributed by atoms with van der Waals surface area (Å²) in [5.74, 6) is 2.63. The van der Waals surface area contributed by atoms with Crippen LogP contribution in [0.3, 0.4) is 0 Å². The van der Waals surface area contributed by atoms with Gasteiger partial charge in [0.05, 0.1) is 6.10 Å². The second kappa shape index (κ2) is 13.0. The third-order valence-electron chi connectivity index (χ3n) is 12.4. The molecule has 0 radical (unpaired) electrons. The minimum Gasteiger partial charge on any atom is -0.481 e. The molecule has 4 N–H and O–H groups in total. The van der Waals surface area contributed by atoms with Gasteiger partial charge in [-0.2, -0.15) is 0 Å². The van der Waals surface area contributed by atoms with E-state index in [0.29, 0.717) is 23.7 Å². The van der Waals surface area contributed by atoms with Crippen molar-refractivity contribution in [3.63, 3.8) is 0 Å². The summed E-state index contributed by atoms with van der Waals surface area (Å²) >= 11 is 0. The molecule has 11 atom stereocenters. The van der Waals surface area contributed by atoms with Crippen LogP contribution >= 0.6 is 7.75 Å². The quantitative estimate of drug-likeness (QED) is 0.160. The number of carboxylic acid groups (broad SMARTS) is 2. The van der Waals surface area contributed by atoms with Crippen molar-refractivity contribution in [2.75, 3.05) is 0 Å². The second-order valence-corrected chi connectivity index (χ2v) is 16.7. The Labute approximate surface area is 247 Å². The van der Waals surface area contributed by atoms with Gasteiger partial charge in [0.15, 0.2) is 0 Å². The molecule has 41 heavy (non-hydrogen) atoms. The second-order valence-electron chi connectivity index (χ2n) is 15.2. The molecule has 4 saturated carbocycles.